The Morgan fingerprint density at radius 3 is 2.45 bits per heavy atom. The van der Waals surface area contributed by atoms with Gasteiger partial charge in [-0.3, -0.25) is 19.2 Å². The van der Waals surface area contributed by atoms with Gasteiger partial charge in [-0.2, -0.15) is 4.98 Å². The Balaban J connectivity index is 1.21. The molecule has 9 heteroatoms. The van der Waals surface area contributed by atoms with Gasteiger partial charge in [0.05, 0.1) is 25.4 Å². The van der Waals surface area contributed by atoms with E-state index >= 15 is 0 Å². The van der Waals surface area contributed by atoms with Crippen molar-refractivity contribution >= 4 is 27.8 Å². The Morgan fingerprint density at radius 2 is 1.74 bits per heavy atom. The van der Waals surface area contributed by atoms with Crippen LogP contribution in [-0.4, -0.2) is 87.5 Å². The zero-order valence-electron chi connectivity index (χ0n) is 22.0. The number of benzene rings is 1. The molecule has 202 valence electrons. The number of hydrogen-bond acceptors (Lipinski definition) is 8. The topological polar surface area (TPSA) is 95.8 Å². The third-order valence-electron chi connectivity index (χ3n) is 9.05. The summed E-state index contributed by atoms with van der Waals surface area (Å²) in [6.45, 7) is 7.67. The molecular formula is C29H38N6O3. The Kier molecular flexibility index (Phi) is 6.55. The predicted molar refractivity (Wildman–Crippen MR) is 147 cm³/mol. The first kappa shape index (κ1) is 24.5. The fourth-order valence-electron chi connectivity index (χ4n) is 6.35. The third-order valence-corrected chi connectivity index (χ3v) is 9.05. The van der Waals surface area contributed by atoms with Crippen LogP contribution in [0.1, 0.15) is 50.1 Å². The number of ether oxygens (including phenoxy) is 1. The number of aliphatic hydroxyl groups is 1. The molecule has 0 bridgehead atoms. The molecule has 0 radical (unpaired) electrons. The molecule has 7 rings (SSSR count). The Labute approximate surface area is 222 Å². The molecule has 4 heterocycles. The van der Waals surface area contributed by atoms with E-state index in [0.717, 1.165) is 81.5 Å². The number of rotatable bonds is 7. The number of anilines is 1. The molecule has 2 aliphatic heterocycles. The molecule has 9 nitrogen and oxygen atoms in total. The van der Waals surface area contributed by atoms with Crippen molar-refractivity contribution in [3.63, 3.8) is 0 Å². The van der Waals surface area contributed by atoms with Gasteiger partial charge >= 0.3 is 0 Å². The van der Waals surface area contributed by atoms with Crippen molar-refractivity contribution in [2.24, 2.45) is 5.92 Å². The fourth-order valence-corrected chi connectivity index (χ4v) is 6.35. The zero-order chi connectivity index (χ0) is 25.6. The van der Waals surface area contributed by atoms with Gasteiger partial charge in [-0.05, 0) is 61.5 Å². The summed E-state index contributed by atoms with van der Waals surface area (Å²) in [5.74, 6) is 1.30. The van der Waals surface area contributed by atoms with Crippen molar-refractivity contribution in [1.29, 1.82) is 0 Å². The average molecular weight is 519 g/mol. The molecule has 0 spiro atoms. The van der Waals surface area contributed by atoms with Crippen LogP contribution in [0.2, 0.25) is 0 Å². The molecule has 2 N–H and O–H groups in total. The van der Waals surface area contributed by atoms with E-state index in [1.807, 2.05) is 10.8 Å². The number of aromatic nitrogens is 3. The average Bonchev–Trinajstić information content (AvgIpc) is 3.73. The van der Waals surface area contributed by atoms with Gasteiger partial charge in [0, 0.05) is 62.3 Å². The van der Waals surface area contributed by atoms with E-state index < -0.39 is 0 Å². The Hall–Kier alpha value is -2.59. The highest BCUT2D eigenvalue weighted by molar-refractivity contribution is 6.04. The van der Waals surface area contributed by atoms with E-state index in [9.17, 15) is 9.90 Å². The highest BCUT2D eigenvalue weighted by atomic mass is 16.5. The number of nitrogens with one attached hydrogen (secondary N) is 1. The maximum atomic E-state index is 14.1. The molecule has 38 heavy (non-hydrogen) atoms. The number of nitrogens with zero attached hydrogens (tertiary/aromatic N) is 5. The molecule has 2 aromatic heterocycles. The number of piperazine rings is 1. The highest BCUT2D eigenvalue weighted by Gasteiger charge is 2.29. The molecule has 2 aliphatic carbocycles. The lowest BCUT2D eigenvalue weighted by Gasteiger charge is -2.42. The zero-order valence-corrected chi connectivity index (χ0v) is 22.0. The second-order valence-corrected chi connectivity index (χ2v) is 11.8. The molecule has 4 aliphatic rings. The minimum Gasteiger partial charge on any atom is -0.393 e. The van der Waals surface area contributed by atoms with Crippen LogP contribution in [0, 0.1) is 5.92 Å². The number of pyridine rings is 1. The first-order chi connectivity index (χ1) is 18.6. The summed E-state index contributed by atoms with van der Waals surface area (Å²) in [5, 5.41) is 16.1. The summed E-state index contributed by atoms with van der Waals surface area (Å²) >= 11 is 0. The van der Waals surface area contributed by atoms with E-state index in [2.05, 4.69) is 38.3 Å². The lowest BCUT2D eigenvalue weighted by molar-refractivity contribution is -0.0774. The van der Waals surface area contributed by atoms with Crippen LogP contribution in [0.15, 0.2) is 29.2 Å². The van der Waals surface area contributed by atoms with Gasteiger partial charge in [0.2, 0.25) is 5.95 Å². The number of fused-ring (bicyclic) bond motifs is 3. The van der Waals surface area contributed by atoms with Crippen LogP contribution in [0.3, 0.4) is 0 Å². The molecule has 3 aromatic rings. The maximum absolute atomic E-state index is 14.1. The SMILES string of the molecule is O=c1c2cc(CN3CCN(C4COC4)CC3)ccc2c2cnc(NCC3CC3)nc2n1C1CCC(O)CC1. The monoisotopic (exact) mass is 518 g/mol. The van der Waals surface area contributed by atoms with Gasteiger partial charge in [0.1, 0.15) is 5.65 Å². The molecular weight excluding hydrogens is 480 g/mol. The van der Waals surface area contributed by atoms with Gasteiger partial charge in [-0.1, -0.05) is 12.1 Å². The van der Waals surface area contributed by atoms with Gasteiger partial charge in [-0.15, -0.1) is 0 Å². The van der Waals surface area contributed by atoms with Crippen LogP contribution in [0.25, 0.3) is 21.8 Å². The molecule has 2 saturated heterocycles. The van der Waals surface area contributed by atoms with E-state index in [4.69, 9.17) is 9.72 Å². The van der Waals surface area contributed by atoms with Crippen molar-refractivity contribution < 1.29 is 9.84 Å². The van der Waals surface area contributed by atoms with Crippen molar-refractivity contribution in [2.75, 3.05) is 51.3 Å². The largest absolute Gasteiger partial charge is 0.393 e. The fraction of sp³-hybridized carbons (Fsp3) is 0.621. The normalized spacial score (nSPS) is 25.6. The summed E-state index contributed by atoms with van der Waals surface area (Å²) in [4.78, 5) is 28.6. The minimum atomic E-state index is -0.275. The van der Waals surface area contributed by atoms with Crippen LogP contribution < -0.4 is 10.9 Å². The molecule has 2 saturated carbocycles. The lowest BCUT2D eigenvalue weighted by atomic mass is 9.92. The predicted octanol–water partition coefficient (Wildman–Crippen LogP) is 2.76. The smallest absolute Gasteiger partial charge is 0.260 e. The molecule has 0 unspecified atom stereocenters. The Bertz CT molecular complexity index is 1370. The van der Waals surface area contributed by atoms with Crippen LogP contribution in [-0.2, 0) is 11.3 Å². The minimum absolute atomic E-state index is 0.0254. The van der Waals surface area contributed by atoms with Crippen molar-refractivity contribution in [2.45, 2.75) is 63.3 Å². The quantitative estimate of drug-likeness (QED) is 0.461. The Morgan fingerprint density at radius 1 is 0.947 bits per heavy atom. The first-order valence-corrected chi connectivity index (χ1v) is 14.4. The van der Waals surface area contributed by atoms with Crippen LogP contribution in [0.5, 0.6) is 0 Å². The van der Waals surface area contributed by atoms with Crippen molar-refractivity contribution in [1.82, 2.24) is 24.3 Å². The van der Waals surface area contributed by atoms with E-state index in [1.54, 1.807) is 0 Å². The van der Waals surface area contributed by atoms with E-state index in [-0.39, 0.29) is 17.7 Å². The summed E-state index contributed by atoms with van der Waals surface area (Å²) in [6, 6.07) is 6.98. The van der Waals surface area contributed by atoms with Gasteiger partial charge in [0.15, 0.2) is 0 Å². The first-order valence-electron chi connectivity index (χ1n) is 14.4. The van der Waals surface area contributed by atoms with E-state index in [0.29, 0.717) is 36.4 Å². The van der Waals surface area contributed by atoms with E-state index in [1.165, 1.54) is 18.4 Å². The lowest BCUT2D eigenvalue weighted by Crippen LogP contribution is -2.56. The third kappa shape index (κ3) is 4.81. The molecule has 0 atom stereocenters. The van der Waals surface area contributed by atoms with Crippen LogP contribution >= 0.6 is 0 Å². The van der Waals surface area contributed by atoms with Gasteiger partial charge in [-0.25, -0.2) is 4.98 Å². The van der Waals surface area contributed by atoms with Crippen molar-refractivity contribution in [3.05, 3.63) is 40.3 Å². The summed E-state index contributed by atoms with van der Waals surface area (Å²) < 4.78 is 7.28. The summed E-state index contributed by atoms with van der Waals surface area (Å²) in [7, 11) is 0. The van der Waals surface area contributed by atoms with Gasteiger partial charge in [0.25, 0.3) is 5.56 Å². The highest BCUT2D eigenvalue weighted by Crippen LogP contribution is 2.33. The van der Waals surface area contributed by atoms with Crippen LogP contribution in [0.4, 0.5) is 5.95 Å². The van der Waals surface area contributed by atoms with Gasteiger partial charge < -0.3 is 15.2 Å². The standard InChI is InChI=1S/C29H38N6O3/c36-23-6-4-21(5-7-23)35-27-26(15-31-29(32-27)30-14-19-1-2-19)24-8-3-20(13-25(24)28(35)37)16-33-9-11-34(12-10-33)22-17-38-18-22/h3,8,13,15,19,21-23,36H,1-2,4-7,9-12,14,16-18H2,(H,30,31,32). The molecule has 1 aromatic carbocycles. The summed E-state index contributed by atoms with van der Waals surface area (Å²) in [6.07, 6.45) is 7.13. The number of aliphatic hydroxyl groups excluding tert-OH is 1. The summed E-state index contributed by atoms with van der Waals surface area (Å²) in [5.41, 5.74) is 1.90. The second-order valence-electron chi connectivity index (χ2n) is 11.8. The second kappa shape index (κ2) is 10.2. The van der Waals surface area contributed by atoms with Crippen molar-refractivity contribution in [3.8, 4) is 0 Å². The molecule has 4 fully saturated rings. The molecule has 0 amide bonds. The number of hydrogen-bond donors (Lipinski definition) is 2. The maximum Gasteiger partial charge on any atom is 0.260 e.